The summed E-state index contributed by atoms with van der Waals surface area (Å²) >= 11 is 0. The fraction of sp³-hybridized carbons (Fsp3) is 0. The van der Waals surface area contributed by atoms with Gasteiger partial charge in [-0.1, -0.05) is 0 Å². The summed E-state index contributed by atoms with van der Waals surface area (Å²) in [6.07, 6.45) is 0. The van der Waals surface area contributed by atoms with Gasteiger partial charge in [0.1, 0.15) is 0 Å². The Labute approximate surface area is 56.8 Å². The van der Waals surface area contributed by atoms with Crippen LogP contribution in [0.4, 0.5) is 0 Å². The van der Waals surface area contributed by atoms with Crippen LogP contribution in [-0.2, 0) is 5.48 Å². The molecule has 1 nitrogen and oxygen atoms in total. The third kappa shape index (κ3) is 9.78. The quantitative estimate of drug-likeness (QED) is 0.336. The summed E-state index contributed by atoms with van der Waals surface area (Å²) in [5.41, 5.74) is 0. The first-order valence-electron chi connectivity index (χ1n) is 0. The summed E-state index contributed by atoms with van der Waals surface area (Å²) in [5.74, 6) is 0. The largest absolute Gasteiger partial charge is 4.00 e. The molecule has 0 aromatic heterocycles. The second kappa shape index (κ2) is 24.8. The smallest absolute Gasteiger partial charge is 2.00 e. The monoisotopic (exact) mass is 94.9 g/mol. The molecule has 4 heavy (non-hydrogen) atoms. The van der Waals surface area contributed by atoms with Crippen LogP contribution >= 0.6 is 0 Å². The third-order valence-electron chi connectivity index (χ3n) is 0. The Kier molecular flexibility index (Phi) is 313. The molecule has 0 bridgehead atoms. The number of hydrogen-bond acceptors (Lipinski definition) is 0. The van der Waals surface area contributed by atoms with Gasteiger partial charge in [0.2, 0.25) is 0 Å². The molecule has 0 fully saturated rings. The zero-order chi connectivity index (χ0) is 0. The topological polar surface area (TPSA) is 28.5 Å². The molecule has 0 amide bonds. The van der Waals surface area contributed by atoms with E-state index >= 15 is 0 Å². The van der Waals surface area contributed by atoms with Crippen molar-refractivity contribution >= 4 is 51.4 Å². The van der Waals surface area contributed by atoms with Crippen molar-refractivity contribution in [3.63, 3.8) is 0 Å². The van der Waals surface area contributed by atoms with Crippen LogP contribution in [0.3, 0.4) is 0 Å². The maximum Gasteiger partial charge on any atom is 4.00 e. The van der Waals surface area contributed by atoms with Crippen molar-refractivity contribution in [2.45, 2.75) is 0 Å². The molecule has 0 unspecified atom stereocenters. The van der Waals surface area contributed by atoms with Crippen molar-refractivity contribution in [1.82, 2.24) is 0 Å². The summed E-state index contributed by atoms with van der Waals surface area (Å²) in [6, 6.07) is 0. The Hall–Kier alpha value is 1.48. The first-order chi connectivity index (χ1) is 0. The molecule has 4 heteroatoms. The third-order valence-corrected chi connectivity index (χ3v) is 0. The zero-order valence-electron chi connectivity index (χ0n) is 2.19. The van der Waals surface area contributed by atoms with Gasteiger partial charge in [0.05, 0.1) is 0 Å². The van der Waals surface area contributed by atoms with Crippen LogP contribution in [0.25, 0.3) is 0 Å². The maximum absolute atomic E-state index is 0. The van der Waals surface area contributed by atoms with E-state index in [-0.39, 0.29) is 56.9 Å². The summed E-state index contributed by atoms with van der Waals surface area (Å²) in [7, 11) is 0. The molecule has 0 saturated carbocycles. The molecule has 0 N–H and O–H groups in total. The fourth-order valence-electron chi connectivity index (χ4n) is 0. The first kappa shape index (κ1) is 50.4. The standard InChI is InChI=1S/Al.Mg.O.Si/q+3;+2;-2;+4. The van der Waals surface area contributed by atoms with Crippen LogP contribution in [0.15, 0.2) is 0 Å². The predicted octanol–water partition coefficient (Wildman–Crippen LogP) is -1.26. The van der Waals surface area contributed by atoms with Gasteiger partial charge >= 0.3 is 51.4 Å². The average Bonchev–Trinajstić information content (AvgIpc) is 0. The predicted molar refractivity (Wildman–Crippen MR) is 17.9 cm³/mol. The summed E-state index contributed by atoms with van der Waals surface area (Å²) in [5, 5.41) is 0. The Morgan fingerprint density at radius 1 is 1.00 bits per heavy atom. The minimum absolute atomic E-state index is 0. The normalized spacial score (nSPS) is 0. The van der Waals surface area contributed by atoms with Crippen molar-refractivity contribution in [3.8, 4) is 0 Å². The van der Waals surface area contributed by atoms with E-state index in [2.05, 4.69) is 0 Å². The van der Waals surface area contributed by atoms with Gasteiger partial charge in [-0.05, 0) is 0 Å². The van der Waals surface area contributed by atoms with Gasteiger partial charge in [-0.3, -0.25) is 0 Å². The van der Waals surface area contributed by atoms with Crippen molar-refractivity contribution in [3.05, 3.63) is 0 Å². The Balaban J connectivity index is 0. The van der Waals surface area contributed by atoms with Crippen LogP contribution in [0, 0.1) is 0 Å². The van der Waals surface area contributed by atoms with E-state index in [1.54, 1.807) is 0 Å². The van der Waals surface area contributed by atoms with Crippen molar-refractivity contribution < 1.29 is 5.48 Å². The molecule has 0 saturated heterocycles. The van der Waals surface area contributed by atoms with Crippen LogP contribution in [0.5, 0.6) is 0 Å². The van der Waals surface area contributed by atoms with E-state index in [0.717, 1.165) is 0 Å². The van der Waals surface area contributed by atoms with Gasteiger partial charge in [0, 0.05) is 0 Å². The van der Waals surface area contributed by atoms with Crippen molar-refractivity contribution in [2.75, 3.05) is 0 Å². The van der Waals surface area contributed by atoms with Gasteiger partial charge < -0.3 is 5.48 Å². The van der Waals surface area contributed by atoms with E-state index in [0.29, 0.717) is 0 Å². The molecule has 0 aliphatic carbocycles. The molecule has 0 spiro atoms. The van der Waals surface area contributed by atoms with Gasteiger partial charge in [-0.2, -0.15) is 0 Å². The Bertz CT molecular complexity index is 8.00. The van der Waals surface area contributed by atoms with E-state index in [1.165, 1.54) is 0 Å². The molecule has 0 aromatic carbocycles. The molecule has 0 aliphatic rings. The fourth-order valence-corrected chi connectivity index (χ4v) is 0. The van der Waals surface area contributed by atoms with Crippen LogP contribution in [0.2, 0.25) is 0 Å². The molecule has 0 aliphatic heterocycles. The molecule has 0 aromatic rings. The second-order valence-corrected chi connectivity index (χ2v) is 0. The van der Waals surface area contributed by atoms with Crippen molar-refractivity contribution in [2.24, 2.45) is 0 Å². The molecular weight excluding hydrogens is 95.4 g/mol. The average molecular weight is 95.4 g/mol. The molecule has 8 valence electrons. The molecule has 0 radical (unpaired) electrons. The second-order valence-electron chi connectivity index (χ2n) is 0. The summed E-state index contributed by atoms with van der Waals surface area (Å²) < 4.78 is 0. The van der Waals surface area contributed by atoms with Gasteiger partial charge in [-0.25, -0.2) is 0 Å². The summed E-state index contributed by atoms with van der Waals surface area (Å²) in [4.78, 5) is 0. The van der Waals surface area contributed by atoms with E-state index in [9.17, 15) is 0 Å². The van der Waals surface area contributed by atoms with Crippen LogP contribution in [0.1, 0.15) is 0 Å². The minimum atomic E-state index is 0. The number of hydrogen-bond donors (Lipinski definition) is 0. The van der Waals surface area contributed by atoms with E-state index in [1.807, 2.05) is 0 Å². The minimum Gasteiger partial charge on any atom is -2.00 e. The van der Waals surface area contributed by atoms with Gasteiger partial charge in [-0.15, -0.1) is 0 Å². The Morgan fingerprint density at radius 3 is 1.00 bits per heavy atom. The Morgan fingerprint density at radius 2 is 1.00 bits per heavy atom. The number of rotatable bonds is 0. The van der Waals surface area contributed by atoms with Crippen molar-refractivity contribution in [1.29, 1.82) is 0 Å². The van der Waals surface area contributed by atoms with Crippen LogP contribution < -0.4 is 0 Å². The summed E-state index contributed by atoms with van der Waals surface area (Å²) in [6.45, 7) is 0. The zero-order valence-corrected chi connectivity index (χ0v) is 5.76. The van der Waals surface area contributed by atoms with Crippen LogP contribution in [-0.4, -0.2) is 51.4 Å². The molecular formula is AlMgOSi+7. The van der Waals surface area contributed by atoms with E-state index in [4.69, 9.17) is 0 Å². The first-order valence-corrected chi connectivity index (χ1v) is 0. The molecule has 0 heterocycles. The van der Waals surface area contributed by atoms with E-state index < -0.39 is 0 Å². The van der Waals surface area contributed by atoms with Gasteiger partial charge in [0.15, 0.2) is 0 Å². The SMILES string of the molecule is [Al+3].[Mg+2].[O-2].[Si+4]. The molecule has 0 rings (SSSR count). The van der Waals surface area contributed by atoms with Gasteiger partial charge in [0.25, 0.3) is 0 Å². The maximum atomic E-state index is 0. The molecule has 0 atom stereocenters.